The van der Waals surface area contributed by atoms with Gasteiger partial charge in [0.25, 0.3) is 0 Å². The second-order valence-corrected chi connectivity index (χ2v) is 4.56. The van der Waals surface area contributed by atoms with Crippen LogP contribution in [0.25, 0.3) is 0 Å². The van der Waals surface area contributed by atoms with Gasteiger partial charge in [-0.3, -0.25) is 14.4 Å². The van der Waals surface area contributed by atoms with E-state index in [9.17, 15) is 14.4 Å². The minimum Gasteiger partial charge on any atom is -0.325 e. The van der Waals surface area contributed by atoms with Crippen molar-refractivity contribution >= 4 is 23.2 Å². The summed E-state index contributed by atoms with van der Waals surface area (Å²) in [5.41, 5.74) is 1.63. The normalized spacial score (nSPS) is 17.1. The average molecular weight is 245 g/mol. The predicted octanol–water partition coefficient (Wildman–Crippen LogP) is 2.26. The third-order valence-corrected chi connectivity index (χ3v) is 3.00. The Bertz CT molecular complexity index is 520. The fourth-order valence-corrected chi connectivity index (χ4v) is 2.00. The van der Waals surface area contributed by atoms with Crippen LogP contribution in [0.2, 0.25) is 0 Å². The van der Waals surface area contributed by atoms with Crippen LogP contribution < -0.4 is 5.32 Å². The number of carbonyl (C=O) groups is 3. The minimum absolute atomic E-state index is 0.109. The van der Waals surface area contributed by atoms with Crippen molar-refractivity contribution in [2.75, 3.05) is 5.32 Å². The van der Waals surface area contributed by atoms with Gasteiger partial charge in [0.1, 0.15) is 0 Å². The molecule has 0 radical (unpaired) electrons. The van der Waals surface area contributed by atoms with Crippen molar-refractivity contribution in [3.8, 4) is 0 Å². The van der Waals surface area contributed by atoms with Crippen molar-refractivity contribution < 1.29 is 14.4 Å². The molecule has 1 amide bonds. The van der Waals surface area contributed by atoms with Crippen LogP contribution in [0.1, 0.15) is 41.6 Å². The highest BCUT2D eigenvalue weighted by Crippen LogP contribution is 2.21. The van der Waals surface area contributed by atoms with E-state index in [1.807, 2.05) is 13.0 Å². The van der Waals surface area contributed by atoms with Gasteiger partial charge >= 0.3 is 0 Å². The summed E-state index contributed by atoms with van der Waals surface area (Å²) in [5.74, 6) is -0.990. The van der Waals surface area contributed by atoms with Gasteiger partial charge in [0.05, 0.1) is 5.69 Å². The number of hydrogen-bond acceptors (Lipinski definition) is 3. The molecule has 1 aliphatic heterocycles. The first-order valence-corrected chi connectivity index (χ1v) is 6.06. The molecular formula is C14H15NO3. The molecule has 0 atom stereocenters. The van der Waals surface area contributed by atoms with Gasteiger partial charge in [-0.25, -0.2) is 0 Å². The summed E-state index contributed by atoms with van der Waals surface area (Å²) in [4.78, 5) is 35.4. The van der Waals surface area contributed by atoms with Crippen molar-refractivity contribution in [1.82, 2.24) is 0 Å². The predicted molar refractivity (Wildman–Crippen MR) is 67.6 cm³/mol. The van der Waals surface area contributed by atoms with Crippen molar-refractivity contribution in [2.45, 2.75) is 32.6 Å². The Kier molecular flexibility index (Phi) is 3.55. The van der Waals surface area contributed by atoms with Crippen LogP contribution in [0, 0.1) is 6.92 Å². The molecule has 4 heteroatoms. The van der Waals surface area contributed by atoms with Crippen LogP contribution in [-0.2, 0) is 9.59 Å². The molecule has 4 nitrogen and oxygen atoms in total. The summed E-state index contributed by atoms with van der Waals surface area (Å²) in [7, 11) is 0. The summed E-state index contributed by atoms with van der Waals surface area (Å²) >= 11 is 0. The van der Waals surface area contributed by atoms with Crippen LogP contribution in [0.15, 0.2) is 18.2 Å². The van der Waals surface area contributed by atoms with Gasteiger partial charge in [-0.15, -0.1) is 0 Å². The minimum atomic E-state index is -0.504. The highest BCUT2D eigenvalue weighted by Gasteiger charge is 2.21. The summed E-state index contributed by atoms with van der Waals surface area (Å²) in [6, 6.07) is 5.13. The van der Waals surface area contributed by atoms with E-state index < -0.39 is 5.78 Å². The number of aryl methyl sites for hydroxylation is 1. The van der Waals surface area contributed by atoms with E-state index in [0.717, 1.165) is 5.56 Å². The Hall–Kier alpha value is -1.97. The summed E-state index contributed by atoms with van der Waals surface area (Å²) in [6.07, 6.45) is 1.82. The molecule has 1 aliphatic rings. The van der Waals surface area contributed by atoms with E-state index in [-0.39, 0.29) is 18.1 Å². The van der Waals surface area contributed by atoms with Gasteiger partial charge in [-0.1, -0.05) is 11.6 Å². The Balaban J connectivity index is 2.45. The topological polar surface area (TPSA) is 63.2 Å². The third-order valence-electron chi connectivity index (χ3n) is 3.00. The molecule has 0 saturated heterocycles. The van der Waals surface area contributed by atoms with E-state index in [0.29, 0.717) is 30.5 Å². The lowest BCUT2D eigenvalue weighted by Crippen LogP contribution is -2.21. The largest absolute Gasteiger partial charge is 0.325 e. The molecule has 0 fully saturated rings. The number of benzene rings is 1. The molecular weight excluding hydrogens is 230 g/mol. The van der Waals surface area contributed by atoms with Gasteiger partial charge in [0, 0.05) is 18.4 Å². The van der Waals surface area contributed by atoms with Crippen molar-refractivity contribution in [2.24, 2.45) is 0 Å². The molecule has 1 N–H and O–H groups in total. The Labute approximate surface area is 105 Å². The van der Waals surface area contributed by atoms with Crippen LogP contribution in [-0.4, -0.2) is 17.5 Å². The van der Waals surface area contributed by atoms with E-state index in [2.05, 4.69) is 5.32 Å². The molecule has 0 bridgehead atoms. The molecule has 0 saturated carbocycles. The van der Waals surface area contributed by atoms with Crippen LogP contribution >= 0.6 is 0 Å². The SMILES string of the molecule is Cc1ccc2c(c1)C(=O)C(=O)CCCCC(=O)N2. The smallest absolute Gasteiger partial charge is 0.230 e. The number of fused-ring (bicyclic) bond motifs is 1. The van der Waals surface area contributed by atoms with Gasteiger partial charge in [0.15, 0.2) is 0 Å². The number of carbonyl (C=O) groups excluding carboxylic acids is 3. The van der Waals surface area contributed by atoms with E-state index in [1.54, 1.807) is 12.1 Å². The molecule has 0 aromatic heterocycles. The second kappa shape index (κ2) is 5.12. The standard InChI is InChI=1S/C14H15NO3/c1-9-6-7-11-10(8-9)14(18)12(16)4-2-3-5-13(17)15-11/h6-8H,2-5H2,1H3,(H,15,17). The molecule has 94 valence electrons. The van der Waals surface area contributed by atoms with E-state index >= 15 is 0 Å². The lowest BCUT2D eigenvalue weighted by atomic mass is 9.98. The zero-order chi connectivity index (χ0) is 13.1. The lowest BCUT2D eigenvalue weighted by molar-refractivity contribution is -0.117. The molecule has 0 unspecified atom stereocenters. The van der Waals surface area contributed by atoms with Gasteiger partial charge in [0.2, 0.25) is 17.5 Å². The number of ketones is 2. The van der Waals surface area contributed by atoms with Crippen molar-refractivity contribution in [3.63, 3.8) is 0 Å². The maximum absolute atomic E-state index is 12.0. The fraction of sp³-hybridized carbons (Fsp3) is 0.357. The molecule has 18 heavy (non-hydrogen) atoms. The second-order valence-electron chi connectivity index (χ2n) is 4.56. The number of hydrogen-bond donors (Lipinski definition) is 1. The van der Waals surface area contributed by atoms with Gasteiger partial charge in [-0.2, -0.15) is 0 Å². The Morgan fingerprint density at radius 1 is 1.06 bits per heavy atom. The Morgan fingerprint density at radius 2 is 1.78 bits per heavy atom. The maximum atomic E-state index is 12.0. The zero-order valence-electron chi connectivity index (χ0n) is 10.3. The monoisotopic (exact) mass is 245 g/mol. The summed E-state index contributed by atoms with van der Waals surface area (Å²) in [6.45, 7) is 1.85. The maximum Gasteiger partial charge on any atom is 0.230 e. The molecule has 1 aromatic rings. The van der Waals surface area contributed by atoms with Crippen LogP contribution in [0.3, 0.4) is 0 Å². The van der Waals surface area contributed by atoms with E-state index in [1.165, 1.54) is 0 Å². The van der Waals surface area contributed by atoms with Crippen molar-refractivity contribution in [3.05, 3.63) is 29.3 Å². The summed E-state index contributed by atoms with van der Waals surface area (Å²) < 4.78 is 0. The number of Topliss-reactive ketones (excluding diaryl/α,β-unsaturated/α-hetero) is 2. The lowest BCUT2D eigenvalue weighted by Gasteiger charge is -2.13. The van der Waals surface area contributed by atoms with Crippen LogP contribution in [0.4, 0.5) is 5.69 Å². The molecule has 0 aliphatic carbocycles. The first-order valence-electron chi connectivity index (χ1n) is 6.06. The number of nitrogens with one attached hydrogen (secondary N) is 1. The van der Waals surface area contributed by atoms with E-state index in [4.69, 9.17) is 0 Å². The highest BCUT2D eigenvalue weighted by molar-refractivity contribution is 6.45. The average Bonchev–Trinajstić information content (AvgIpc) is 2.35. The fourth-order valence-electron chi connectivity index (χ4n) is 2.00. The zero-order valence-corrected chi connectivity index (χ0v) is 10.3. The first-order chi connectivity index (χ1) is 8.58. The molecule has 2 rings (SSSR count). The number of rotatable bonds is 0. The van der Waals surface area contributed by atoms with Crippen LogP contribution in [0.5, 0.6) is 0 Å². The molecule has 1 aromatic carbocycles. The third kappa shape index (κ3) is 2.64. The van der Waals surface area contributed by atoms with Crippen molar-refractivity contribution in [1.29, 1.82) is 0 Å². The summed E-state index contributed by atoms with van der Waals surface area (Å²) in [5, 5.41) is 2.70. The quantitative estimate of drug-likeness (QED) is 0.713. The molecule has 0 spiro atoms. The number of anilines is 1. The highest BCUT2D eigenvalue weighted by atomic mass is 16.2. The van der Waals surface area contributed by atoms with Gasteiger partial charge in [-0.05, 0) is 31.9 Å². The molecule has 1 heterocycles. The Morgan fingerprint density at radius 3 is 2.56 bits per heavy atom. The first kappa shape index (κ1) is 12.5. The van der Waals surface area contributed by atoms with Gasteiger partial charge < -0.3 is 5.32 Å². The number of amides is 1.